The highest BCUT2D eigenvalue weighted by atomic mass is 16.6. The summed E-state index contributed by atoms with van der Waals surface area (Å²) in [6.45, 7) is 9.89. The second-order valence-electron chi connectivity index (χ2n) is 7.33. The van der Waals surface area contributed by atoms with E-state index in [0.717, 1.165) is 6.42 Å². The first-order valence-corrected chi connectivity index (χ1v) is 8.92. The Hall–Kier alpha value is -0.741. The quantitative estimate of drug-likeness (QED) is 0.604. The van der Waals surface area contributed by atoms with E-state index in [9.17, 15) is 9.59 Å². The molecule has 0 saturated carbocycles. The predicted molar refractivity (Wildman–Crippen MR) is 115 cm³/mol. The lowest BCUT2D eigenvalue weighted by atomic mass is 8.68. The van der Waals surface area contributed by atoms with Crippen LogP contribution < -0.4 is 0 Å². The molecule has 0 aromatic carbocycles. The van der Waals surface area contributed by atoms with Crippen molar-refractivity contribution in [3.8, 4) is 0 Å². The summed E-state index contributed by atoms with van der Waals surface area (Å²) in [6, 6.07) is 0. The fraction of sp³-hybridized carbons (Fsp3) is 0.846. The van der Waals surface area contributed by atoms with Crippen molar-refractivity contribution in [1.29, 1.82) is 0 Å². The van der Waals surface area contributed by atoms with Gasteiger partial charge in [0, 0.05) is 90.4 Å². The molecule has 1 fully saturated rings. The van der Waals surface area contributed by atoms with Crippen LogP contribution in [-0.2, 0) is 9.53 Å². The van der Waals surface area contributed by atoms with Crippen LogP contribution in [0.25, 0.3) is 0 Å². The summed E-state index contributed by atoms with van der Waals surface area (Å²) in [6.07, 6.45) is -0.609. The summed E-state index contributed by atoms with van der Waals surface area (Å²) in [5.74, 6) is 0.182. The standard InChI is InChI=1S/C13H24N2O3.B8/c1-5-6-11(16)14-7-9-15(10-8-14)12(17)18-13(2,3)4;1-6(2)8(5)7(3)4/h5-10H2,1-4H3;. The molecule has 10 radical (unpaired) electrons. The molecule has 0 unspecified atom stereocenters. The van der Waals surface area contributed by atoms with Gasteiger partial charge in [-0.1, -0.05) is 6.92 Å². The zero-order valence-electron chi connectivity index (χ0n) is 16.5. The topological polar surface area (TPSA) is 49.9 Å². The maximum Gasteiger partial charge on any atom is 0.410 e. The molecule has 0 N–H and O–H groups in total. The molecule has 2 amide bonds. The molecule has 1 aliphatic rings. The van der Waals surface area contributed by atoms with Crippen LogP contribution in [0.5, 0.6) is 0 Å². The average Bonchev–Trinajstić information content (AvgIpc) is 2.53. The SMILES string of the molecule is CCCC(=O)N1CCN(C(=O)OC(C)(C)C)CC1.[B]B([B])B([B])B([B])[B]. The molecule has 0 spiro atoms. The van der Waals surface area contributed by atoms with E-state index in [1.54, 1.807) is 4.90 Å². The maximum absolute atomic E-state index is 11.8. The van der Waals surface area contributed by atoms with Crippen LogP contribution in [0.2, 0.25) is 0 Å². The fourth-order valence-corrected chi connectivity index (χ4v) is 2.09. The highest BCUT2D eigenvalue weighted by Gasteiger charge is 2.27. The van der Waals surface area contributed by atoms with Crippen molar-refractivity contribution in [2.24, 2.45) is 0 Å². The lowest BCUT2D eigenvalue weighted by Crippen LogP contribution is -2.52. The summed E-state index contributed by atoms with van der Waals surface area (Å²) < 4.78 is 5.30. The van der Waals surface area contributed by atoms with Crippen LogP contribution in [0.4, 0.5) is 4.79 Å². The molecule has 5 nitrogen and oxygen atoms in total. The molecule has 26 heavy (non-hydrogen) atoms. The monoisotopic (exact) mass is 344 g/mol. The Kier molecular flexibility index (Phi) is 11.5. The van der Waals surface area contributed by atoms with E-state index in [4.69, 9.17) is 43.4 Å². The first-order valence-electron chi connectivity index (χ1n) is 8.92. The van der Waals surface area contributed by atoms with E-state index < -0.39 is 24.8 Å². The van der Waals surface area contributed by atoms with Crippen molar-refractivity contribution in [1.82, 2.24) is 9.80 Å². The minimum atomic E-state index is -0.630. The van der Waals surface area contributed by atoms with Gasteiger partial charge in [0.05, 0.1) is 0 Å². The third-order valence-corrected chi connectivity index (χ3v) is 3.64. The number of rotatable bonds is 4. The van der Waals surface area contributed by atoms with Crippen LogP contribution in [0.1, 0.15) is 40.5 Å². The number of nitrogens with zero attached hydrogens (tertiary/aromatic N) is 2. The third-order valence-electron chi connectivity index (χ3n) is 3.64. The molecule has 13 heteroatoms. The second-order valence-corrected chi connectivity index (χ2v) is 7.33. The normalized spacial score (nSPS) is 14.0. The van der Waals surface area contributed by atoms with Crippen molar-refractivity contribution < 1.29 is 14.3 Å². The number of carbonyl (C=O) groups excluding carboxylic acids is 2. The molecule has 1 saturated heterocycles. The van der Waals surface area contributed by atoms with Gasteiger partial charge in [0.2, 0.25) is 5.91 Å². The summed E-state index contributed by atoms with van der Waals surface area (Å²) in [5.41, 5.74) is -0.466. The van der Waals surface area contributed by atoms with Gasteiger partial charge >= 0.3 is 6.09 Å². The average molecular weight is 343 g/mol. The van der Waals surface area contributed by atoms with E-state index in [2.05, 4.69) is 0 Å². The van der Waals surface area contributed by atoms with Gasteiger partial charge in [-0.15, -0.1) is 0 Å². The van der Waals surface area contributed by atoms with Crippen molar-refractivity contribution in [3.63, 3.8) is 0 Å². The summed E-state index contributed by atoms with van der Waals surface area (Å²) in [7, 11) is 25.8. The molecule has 0 bridgehead atoms. The van der Waals surface area contributed by atoms with Gasteiger partial charge < -0.3 is 14.5 Å². The zero-order chi connectivity index (χ0) is 20.5. The molecule has 1 aliphatic heterocycles. The molecule has 0 aromatic rings. The van der Waals surface area contributed by atoms with E-state index in [1.807, 2.05) is 32.6 Å². The second kappa shape index (κ2) is 11.9. The Morgan fingerprint density at radius 3 is 1.65 bits per heavy atom. The minimum Gasteiger partial charge on any atom is -0.444 e. The van der Waals surface area contributed by atoms with Crippen LogP contribution in [0.15, 0.2) is 0 Å². The summed E-state index contributed by atoms with van der Waals surface area (Å²) in [5, 5.41) is 0. The van der Waals surface area contributed by atoms with E-state index in [-0.39, 0.29) is 12.0 Å². The first-order chi connectivity index (χ1) is 11.9. The highest BCUT2D eigenvalue weighted by Crippen LogP contribution is 2.12. The minimum absolute atomic E-state index is 0.182. The molecule has 0 atom stereocenters. The summed E-state index contributed by atoms with van der Waals surface area (Å²) in [4.78, 5) is 27.0. The third kappa shape index (κ3) is 10.4. The highest BCUT2D eigenvalue weighted by molar-refractivity contribution is 7.89. The Morgan fingerprint density at radius 2 is 1.35 bits per heavy atom. The van der Waals surface area contributed by atoms with Gasteiger partial charge in [0.25, 0.3) is 0 Å². The Balaban J connectivity index is 0.000000660. The molecular formula is C13H24B8N2O3. The number of ether oxygens (including phenoxy) is 1. The lowest BCUT2D eigenvalue weighted by molar-refractivity contribution is -0.133. The number of piperazine rings is 1. The van der Waals surface area contributed by atoms with E-state index in [1.165, 1.54) is 0 Å². The predicted octanol–water partition coefficient (Wildman–Crippen LogP) is -1.18. The number of carbonyl (C=O) groups is 2. The molecular weight excluding hydrogens is 319 g/mol. The lowest BCUT2D eigenvalue weighted by Gasteiger charge is -2.35. The van der Waals surface area contributed by atoms with Gasteiger partial charge in [-0.2, -0.15) is 0 Å². The van der Waals surface area contributed by atoms with Gasteiger partial charge in [0.15, 0.2) is 0 Å². The van der Waals surface area contributed by atoms with Crippen LogP contribution in [0.3, 0.4) is 0 Å². The molecule has 128 valence electrons. The van der Waals surface area contributed by atoms with Crippen LogP contribution in [-0.4, -0.2) is 111 Å². The molecule has 0 aromatic heterocycles. The molecule has 1 heterocycles. The molecule has 1 rings (SSSR count). The van der Waals surface area contributed by atoms with Gasteiger partial charge in [0.1, 0.15) is 5.60 Å². The Morgan fingerprint density at radius 1 is 0.923 bits per heavy atom. The Labute approximate surface area is 166 Å². The smallest absolute Gasteiger partial charge is 0.410 e. The van der Waals surface area contributed by atoms with Crippen molar-refractivity contribution in [2.75, 3.05) is 26.2 Å². The summed E-state index contributed by atoms with van der Waals surface area (Å²) >= 11 is 0. The van der Waals surface area contributed by atoms with Crippen LogP contribution in [0, 0.1) is 0 Å². The fourth-order valence-electron chi connectivity index (χ4n) is 2.09. The molecule has 0 aliphatic carbocycles. The van der Waals surface area contributed by atoms with Gasteiger partial charge in [-0.3, -0.25) is 4.79 Å². The maximum atomic E-state index is 11.8. The van der Waals surface area contributed by atoms with Gasteiger partial charge in [-0.25, -0.2) is 4.79 Å². The Bertz CT molecular complexity index is 432. The largest absolute Gasteiger partial charge is 0.444 e. The van der Waals surface area contributed by atoms with Crippen molar-refractivity contribution >= 4 is 69.8 Å². The van der Waals surface area contributed by atoms with E-state index in [0.29, 0.717) is 32.6 Å². The number of hydrogen-bond acceptors (Lipinski definition) is 3. The van der Waals surface area contributed by atoms with Crippen LogP contribution >= 0.6 is 0 Å². The van der Waals surface area contributed by atoms with Gasteiger partial charge in [-0.05, 0) is 27.2 Å². The van der Waals surface area contributed by atoms with Crippen molar-refractivity contribution in [2.45, 2.75) is 46.1 Å². The first kappa shape index (κ1) is 25.3. The van der Waals surface area contributed by atoms with E-state index >= 15 is 0 Å². The van der Waals surface area contributed by atoms with Crippen molar-refractivity contribution in [3.05, 3.63) is 0 Å². The zero-order valence-corrected chi connectivity index (χ0v) is 16.5. The number of hydrogen-bond donors (Lipinski definition) is 0. The number of amides is 2.